The number of morpholine rings is 1. The van der Waals surface area contributed by atoms with Gasteiger partial charge in [0.05, 0.1) is 18.4 Å². The Morgan fingerprint density at radius 2 is 2.17 bits per heavy atom. The second-order valence-corrected chi connectivity index (χ2v) is 6.36. The van der Waals surface area contributed by atoms with Gasteiger partial charge in [-0.15, -0.1) is 0 Å². The zero-order chi connectivity index (χ0) is 16.3. The first-order chi connectivity index (χ1) is 11.1. The Kier molecular flexibility index (Phi) is 4.60. The number of likely N-dealkylation sites (N-methyl/N-ethyl adjacent to an activating group) is 1. The fraction of sp³-hybridized carbons (Fsp3) is 0.588. The Hall–Kier alpha value is -1.97. The second-order valence-electron chi connectivity index (χ2n) is 6.36. The van der Waals surface area contributed by atoms with Crippen molar-refractivity contribution in [1.82, 2.24) is 14.8 Å². The summed E-state index contributed by atoms with van der Waals surface area (Å²) < 4.78 is 5.62. The van der Waals surface area contributed by atoms with Crippen LogP contribution in [0.5, 0.6) is 0 Å². The highest BCUT2D eigenvalue weighted by Crippen LogP contribution is 2.34. The number of aromatic nitrogens is 1. The first-order valence-electron chi connectivity index (χ1n) is 8.06. The van der Waals surface area contributed by atoms with Crippen molar-refractivity contribution in [3.05, 3.63) is 30.1 Å². The Morgan fingerprint density at radius 1 is 1.39 bits per heavy atom. The highest BCUT2D eigenvalue weighted by molar-refractivity contribution is 5.81. The van der Waals surface area contributed by atoms with Crippen molar-refractivity contribution in [1.29, 1.82) is 5.26 Å². The summed E-state index contributed by atoms with van der Waals surface area (Å²) >= 11 is 0. The van der Waals surface area contributed by atoms with Crippen molar-refractivity contribution in [3.8, 4) is 6.07 Å². The van der Waals surface area contributed by atoms with Crippen molar-refractivity contribution in [3.63, 3.8) is 0 Å². The summed E-state index contributed by atoms with van der Waals surface area (Å²) in [6.45, 7) is 3.25. The van der Waals surface area contributed by atoms with Gasteiger partial charge in [-0.3, -0.25) is 9.78 Å². The van der Waals surface area contributed by atoms with Gasteiger partial charge in [0.15, 0.2) is 0 Å². The predicted octanol–water partition coefficient (Wildman–Crippen LogP) is 0.796. The fourth-order valence-corrected chi connectivity index (χ4v) is 3.31. The van der Waals surface area contributed by atoms with Gasteiger partial charge in [0.1, 0.15) is 11.5 Å². The van der Waals surface area contributed by atoms with Gasteiger partial charge >= 0.3 is 0 Å². The monoisotopic (exact) mass is 314 g/mol. The molecular weight excluding hydrogens is 292 g/mol. The molecule has 23 heavy (non-hydrogen) atoms. The van der Waals surface area contributed by atoms with Gasteiger partial charge < -0.3 is 14.5 Å². The number of amides is 1. The van der Waals surface area contributed by atoms with E-state index >= 15 is 0 Å². The molecular formula is C17H22N4O2. The van der Waals surface area contributed by atoms with E-state index < -0.39 is 5.41 Å². The zero-order valence-corrected chi connectivity index (χ0v) is 13.4. The summed E-state index contributed by atoms with van der Waals surface area (Å²) in [6, 6.07) is 8.10. The lowest BCUT2D eigenvalue weighted by Crippen LogP contribution is -2.53. The van der Waals surface area contributed by atoms with Crippen molar-refractivity contribution >= 4 is 5.91 Å². The highest BCUT2D eigenvalue weighted by Gasteiger charge is 2.40. The van der Waals surface area contributed by atoms with Gasteiger partial charge in [-0.2, -0.15) is 5.26 Å². The van der Waals surface area contributed by atoms with Crippen LogP contribution in [-0.4, -0.2) is 66.6 Å². The number of hydrogen-bond acceptors (Lipinski definition) is 5. The highest BCUT2D eigenvalue weighted by atomic mass is 16.5. The number of nitriles is 1. The van der Waals surface area contributed by atoms with E-state index in [1.165, 1.54) is 0 Å². The number of rotatable bonds is 2. The minimum atomic E-state index is -0.581. The van der Waals surface area contributed by atoms with E-state index in [9.17, 15) is 10.1 Å². The Balaban J connectivity index is 1.66. The van der Waals surface area contributed by atoms with Crippen LogP contribution in [0.4, 0.5) is 0 Å². The van der Waals surface area contributed by atoms with Gasteiger partial charge in [0, 0.05) is 32.4 Å². The van der Waals surface area contributed by atoms with Crippen LogP contribution < -0.4 is 0 Å². The van der Waals surface area contributed by atoms with Gasteiger partial charge in [-0.05, 0) is 32.0 Å². The normalized spacial score (nSPS) is 24.9. The number of likely N-dealkylation sites (tertiary alicyclic amines) is 1. The molecule has 0 bridgehead atoms. The van der Waals surface area contributed by atoms with Crippen molar-refractivity contribution in [2.24, 2.45) is 0 Å². The van der Waals surface area contributed by atoms with E-state index in [1.54, 1.807) is 6.20 Å². The van der Waals surface area contributed by atoms with Crippen LogP contribution in [-0.2, 0) is 14.9 Å². The largest absolute Gasteiger partial charge is 0.366 e. The van der Waals surface area contributed by atoms with Crippen LogP contribution in [0, 0.1) is 11.3 Å². The number of ether oxygens (including phenoxy) is 1. The summed E-state index contributed by atoms with van der Waals surface area (Å²) in [6.07, 6.45) is 2.58. The molecule has 0 saturated carbocycles. The quantitative estimate of drug-likeness (QED) is 0.807. The van der Waals surface area contributed by atoms with Crippen LogP contribution >= 0.6 is 0 Å². The van der Waals surface area contributed by atoms with Gasteiger partial charge in [0.2, 0.25) is 0 Å². The van der Waals surface area contributed by atoms with Gasteiger partial charge in [-0.1, -0.05) is 6.07 Å². The Morgan fingerprint density at radius 3 is 2.78 bits per heavy atom. The molecule has 2 aliphatic heterocycles. The van der Waals surface area contributed by atoms with Gasteiger partial charge in [0.25, 0.3) is 5.91 Å². The maximum atomic E-state index is 12.6. The molecule has 0 aliphatic carbocycles. The predicted molar refractivity (Wildman–Crippen MR) is 84.6 cm³/mol. The van der Waals surface area contributed by atoms with Crippen LogP contribution in [0.1, 0.15) is 18.5 Å². The molecule has 1 aromatic rings. The molecule has 2 fully saturated rings. The third-order valence-electron chi connectivity index (χ3n) is 4.84. The van der Waals surface area contributed by atoms with Crippen LogP contribution in [0.2, 0.25) is 0 Å². The molecule has 1 unspecified atom stereocenters. The van der Waals surface area contributed by atoms with Crippen molar-refractivity contribution in [2.75, 3.05) is 39.8 Å². The minimum absolute atomic E-state index is 0.0455. The van der Waals surface area contributed by atoms with E-state index in [2.05, 4.69) is 16.0 Å². The van der Waals surface area contributed by atoms with Crippen molar-refractivity contribution in [2.45, 2.75) is 24.4 Å². The first kappa shape index (κ1) is 15.9. The first-order valence-corrected chi connectivity index (χ1v) is 8.06. The fourth-order valence-electron chi connectivity index (χ4n) is 3.31. The average Bonchev–Trinajstić information content (AvgIpc) is 2.62. The molecule has 0 radical (unpaired) electrons. The molecule has 0 N–H and O–H groups in total. The van der Waals surface area contributed by atoms with E-state index in [0.717, 1.165) is 12.2 Å². The van der Waals surface area contributed by atoms with Crippen LogP contribution in [0.15, 0.2) is 24.4 Å². The lowest BCUT2D eigenvalue weighted by molar-refractivity contribution is -0.150. The number of nitrogens with zero attached hydrogens (tertiary/aromatic N) is 4. The molecule has 6 heteroatoms. The Labute approximate surface area is 136 Å². The number of carbonyl (C=O) groups excluding carboxylic acids is 1. The van der Waals surface area contributed by atoms with Crippen LogP contribution in [0.25, 0.3) is 0 Å². The average molecular weight is 314 g/mol. The van der Waals surface area contributed by atoms with Gasteiger partial charge in [-0.25, -0.2) is 0 Å². The molecule has 0 spiro atoms. The molecule has 1 atom stereocenters. The van der Waals surface area contributed by atoms with E-state index in [0.29, 0.717) is 39.1 Å². The van der Waals surface area contributed by atoms with E-state index in [-0.39, 0.29) is 12.0 Å². The number of pyridine rings is 1. The van der Waals surface area contributed by atoms with Crippen molar-refractivity contribution < 1.29 is 9.53 Å². The molecule has 3 heterocycles. The molecule has 0 aromatic carbocycles. The third-order valence-corrected chi connectivity index (χ3v) is 4.84. The summed E-state index contributed by atoms with van der Waals surface area (Å²) in [7, 11) is 2.00. The third kappa shape index (κ3) is 3.21. The summed E-state index contributed by atoms with van der Waals surface area (Å²) in [5.41, 5.74) is 0.227. The standard InChI is InChI=1S/C17H22N4O2/c1-20-10-11-23-14(12-20)16(22)21-8-5-17(13-18,6-9-21)15-4-2-3-7-19-15/h2-4,7,14H,5-6,8-12H2,1H3. The lowest BCUT2D eigenvalue weighted by atomic mass is 9.76. The molecule has 6 nitrogen and oxygen atoms in total. The molecule has 1 aromatic heterocycles. The molecule has 1 amide bonds. The molecule has 3 rings (SSSR count). The number of piperidine rings is 1. The Bertz CT molecular complexity index is 590. The lowest BCUT2D eigenvalue weighted by Gasteiger charge is -2.39. The number of carbonyl (C=O) groups is 1. The summed E-state index contributed by atoms with van der Waals surface area (Å²) in [4.78, 5) is 20.9. The topological polar surface area (TPSA) is 69.5 Å². The second kappa shape index (κ2) is 6.65. The molecule has 122 valence electrons. The maximum absolute atomic E-state index is 12.6. The summed E-state index contributed by atoms with van der Waals surface area (Å²) in [5.74, 6) is 0.0455. The molecule has 2 saturated heterocycles. The smallest absolute Gasteiger partial charge is 0.253 e. The zero-order valence-electron chi connectivity index (χ0n) is 13.4. The SMILES string of the molecule is CN1CCOC(C(=O)N2CCC(C#N)(c3ccccn3)CC2)C1. The maximum Gasteiger partial charge on any atom is 0.253 e. The minimum Gasteiger partial charge on any atom is -0.366 e. The number of hydrogen-bond donors (Lipinski definition) is 0. The van der Waals surface area contributed by atoms with Crippen LogP contribution in [0.3, 0.4) is 0 Å². The summed E-state index contributed by atoms with van der Waals surface area (Å²) in [5, 5.41) is 9.68. The van der Waals surface area contributed by atoms with E-state index in [1.807, 2.05) is 30.1 Å². The van der Waals surface area contributed by atoms with E-state index in [4.69, 9.17) is 4.74 Å². The molecule has 2 aliphatic rings.